The minimum Gasteiger partial charge on any atom is -0.502 e. The van der Waals surface area contributed by atoms with Crippen LogP contribution in [0.25, 0.3) is 0 Å². The van der Waals surface area contributed by atoms with Crippen LogP contribution in [0.4, 0.5) is 0 Å². The van der Waals surface area contributed by atoms with Crippen LogP contribution in [0.3, 0.4) is 0 Å². The van der Waals surface area contributed by atoms with Crippen molar-refractivity contribution in [2.75, 3.05) is 6.54 Å². The van der Waals surface area contributed by atoms with E-state index < -0.39 is 5.43 Å². The average molecular weight is 289 g/mol. The molecule has 112 valence electrons. The standard InChI is InChI=1S/C16H19NO4/c1-11-4-5-17(13(7-11)16-3-2-6-20-16)9-12-8-14(18)15(19)10-21-12/h2-3,6,8,10-11,13,19H,4-5,7,9H2,1H3/t11-,13-/m0/s1. The summed E-state index contributed by atoms with van der Waals surface area (Å²) < 4.78 is 10.9. The van der Waals surface area contributed by atoms with E-state index in [1.165, 1.54) is 6.07 Å². The molecular weight excluding hydrogens is 270 g/mol. The largest absolute Gasteiger partial charge is 0.502 e. The van der Waals surface area contributed by atoms with Gasteiger partial charge in [0.05, 0.1) is 18.8 Å². The highest BCUT2D eigenvalue weighted by molar-refractivity contribution is 5.16. The SMILES string of the molecule is C[C@H]1CCN(Cc2cc(=O)c(O)co2)[C@H](c2ccco2)C1. The Kier molecular flexibility index (Phi) is 3.84. The second-order valence-electron chi connectivity index (χ2n) is 5.73. The third-order valence-corrected chi connectivity index (χ3v) is 4.07. The number of hydrogen-bond acceptors (Lipinski definition) is 5. The summed E-state index contributed by atoms with van der Waals surface area (Å²) in [5.41, 5.74) is -0.406. The molecular formula is C16H19NO4. The molecule has 5 nitrogen and oxygen atoms in total. The van der Waals surface area contributed by atoms with Crippen LogP contribution in [-0.4, -0.2) is 16.6 Å². The van der Waals surface area contributed by atoms with Gasteiger partial charge in [-0.3, -0.25) is 9.69 Å². The third-order valence-electron chi connectivity index (χ3n) is 4.07. The number of nitrogens with zero attached hydrogens (tertiary/aromatic N) is 1. The molecule has 2 aromatic heterocycles. The van der Waals surface area contributed by atoms with Gasteiger partial charge < -0.3 is 13.9 Å². The van der Waals surface area contributed by atoms with Gasteiger partial charge >= 0.3 is 0 Å². The summed E-state index contributed by atoms with van der Waals surface area (Å²) in [7, 11) is 0. The molecule has 1 fully saturated rings. The van der Waals surface area contributed by atoms with E-state index in [4.69, 9.17) is 8.83 Å². The highest BCUT2D eigenvalue weighted by Gasteiger charge is 2.30. The van der Waals surface area contributed by atoms with Gasteiger partial charge in [0.2, 0.25) is 5.43 Å². The van der Waals surface area contributed by atoms with Crippen molar-refractivity contribution >= 4 is 0 Å². The molecule has 0 radical (unpaired) electrons. The van der Waals surface area contributed by atoms with Crippen molar-refractivity contribution in [3.8, 4) is 5.75 Å². The molecule has 3 rings (SSSR count). The minimum absolute atomic E-state index is 0.197. The van der Waals surface area contributed by atoms with Crippen LogP contribution in [0.15, 0.2) is 44.4 Å². The zero-order valence-electron chi connectivity index (χ0n) is 12.0. The average Bonchev–Trinajstić information content (AvgIpc) is 2.99. The first kappa shape index (κ1) is 13.9. The summed E-state index contributed by atoms with van der Waals surface area (Å²) in [6, 6.07) is 5.44. The maximum atomic E-state index is 11.5. The summed E-state index contributed by atoms with van der Waals surface area (Å²) in [5.74, 6) is 1.79. The van der Waals surface area contributed by atoms with E-state index in [1.807, 2.05) is 12.1 Å². The van der Waals surface area contributed by atoms with Gasteiger partial charge in [-0.25, -0.2) is 0 Å². The maximum Gasteiger partial charge on any atom is 0.226 e. The molecule has 0 amide bonds. The molecule has 0 spiro atoms. The molecule has 0 bridgehead atoms. The lowest BCUT2D eigenvalue weighted by molar-refractivity contribution is 0.0865. The molecule has 2 aromatic rings. The first-order valence-corrected chi connectivity index (χ1v) is 7.21. The molecule has 5 heteroatoms. The number of furan rings is 1. The van der Waals surface area contributed by atoms with Crippen molar-refractivity contribution in [3.63, 3.8) is 0 Å². The van der Waals surface area contributed by atoms with Crippen molar-refractivity contribution < 1.29 is 13.9 Å². The zero-order valence-corrected chi connectivity index (χ0v) is 12.0. The highest BCUT2D eigenvalue weighted by Crippen LogP contribution is 2.35. The molecule has 1 N–H and O–H groups in total. The number of aromatic hydroxyl groups is 1. The van der Waals surface area contributed by atoms with E-state index in [0.29, 0.717) is 18.2 Å². The van der Waals surface area contributed by atoms with E-state index >= 15 is 0 Å². The Bertz CT molecular complexity index is 647. The summed E-state index contributed by atoms with van der Waals surface area (Å²) >= 11 is 0. The van der Waals surface area contributed by atoms with Crippen LogP contribution in [0.2, 0.25) is 0 Å². The first-order chi connectivity index (χ1) is 10.1. The fraction of sp³-hybridized carbons (Fsp3) is 0.438. The van der Waals surface area contributed by atoms with Gasteiger partial charge in [-0.05, 0) is 37.4 Å². The lowest BCUT2D eigenvalue weighted by atomic mass is 9.91. The molecule has 0 saturated carbocycles. The van der Waals surface area contributed by atoms with E-state index in [-0.39, 0.29) is 11.8 Å². The fourth-order valence-electron chi connectivity index (χ4n) is 2.88. The molecule has 2 atom stereocenters. The van der Waals surface area contributed by atoms with E-state index in [1.54, 1.807) is 6.26 Å². The second kappa shape index (κ2) is 5.77. The Balaban J connectivity index is 1.81. The smallest absolute Gasteiger partial charge is 0.226 e. The van der Waals surface area contributed by atoms with Gasteiger partial charge in [-0.15, -0.1) is 0 Å². The van der Waals surface area contributed by atoms with Crippen LogP contribution in [0.1, 0.15) is 37.3 Å². The summed E-state index contributed by atoms with van der Waals surface area (Å²) in [4.78, 5) is 13.8. The Morgan fingerprint density at radius 2 is 2.29 bits per heavy atom. The predicted molar refractivity (Wildman–Crippen MR) is 76.9 cm³/mol. The number of hydrogen-bond donors (Lipinski definition) is 1. The van der Waals surface area contributed by atoms with Crippen LogP contribution < -0.4 is 5.43 Å². The van der Waals surface area contributed by atoms with Gasteiger partial charge in [0.25, 0.3) is 0 Å². The second-order valence-corrected chi connectivity index (χ2v) is 5.73. The first-order valence-electron chi connectivity index (χ1n) is 7.21. The summed E-state index contributed by atoms with van der Waals surface area (Å²) in [6.45, 7) is 3.71. The number of piperidine rings is 1. The van der Waals surface area contributed by atoms with Crippen LogP contribution in [-0.2, 0) is 6.54 Å². The van der Waals surface area contributed by atoms with Crippen molar-refractivity contribution in [2.45, 2.75) is 32.4 Å². The summed E-state index contributed by atoms with van der Waals surface area (Å²) in [5, 5.41) is 9.25. The number of likely N-dealkylation sites (tertiary alicyclic amines) is 1. The topological polar surface area (TPSA) is 66.8 Å². The van der Waals surface area contributed by atoms with Crippen LogP contribution >= 0.6 is 0 Å². The van der Waals surface area contributed by atoms with Gasteiger partial charge in [0.15, 0.2) is 5.75 Å². The molecule has 0 aromatic carbocycles. The monoisotopic (exact) mass is 289 g/mol. The normalized spacial score (nSPS) is 23.3. The summed E-state index contributed by atoms with van der Waals surface area (Å²) in [6.07, 6.45) is 4.93. The fourth-order valence-corrected chi connectivity index (χ4v) is 2.88. The zero-order chi connectivity index (χ0) is 14.8. The molecule has 0 unspecified atom stereocenters. The van der Waals surface area contributed by atoms with Gasteiger partial charge in [-0.2, -0.15) is 0 Å². The van der Waals surface area contributed by atoms with Crippen molar-refractivity contribution in [2.24, 2.45) is 5.92 Å². The van der Waals surface area contributed by atoms with Crippen molar-refractivity contribution in [1.82, 2.24) is 4.90 Å². The highest BCUT2D eigenvalue weighted by atomic mass is 16.4. The van der Waals surface area contributed by atoms with Gasteiger partial charge in [-0.1, -0.05) is 6.92 Å². The third kappa shape index (κ3) is 3.03. The van der Waals surface area contributed by atoms with Crippen molar-refractivity contribution in [3.05, 3.63) is 52.5 Å². The van der Waals surface area contributed by atoms with E-state index in [9.17, 15) is 9.90 Å². The van der Waals surface area contributed by atoms with E-state index in [0.717, 1.165) is 31.4 Å². The van der Waals surface area contributed by atoms with Crippen LogP contribution in [0.5, 0.6) is 5.75 Å². The Labute approximate surface area is 122 Å². The Morgan fingerprint density at radius 3 is 3.00 bits per heavy atom. The maximum absolute atomic E-state index is 11.5. The molecule has 3 heterocycles. The minimum atomic E-state index is -0.406. The Hall–Kier alpha value is -2.01. The molecule has 1 aliphatic rings. The molecule has 0 aliphatic carbocycles. The molecule has 21 heavy (non-hydrogen) atoms. The molecule has 1 saturated heterocycles. The van der Waals surface area contributed by atoms with E-state index in [2.05, 4.69) is 11.8 Å². The Morgan fingerprint density at radius 1 is 1.43 bits per heavy atom. The molecule has 1 aliphatic heterocycles. The van der Waals surface area contributed by atoms with Gasteiger partial charge in [0, 0.05) is 6.07 Å². The number of rotatable bonds is 3. The van der Waals surface area contributed by atoms with Gasteiger partial charge in [0.1, 0.15) is 17.8 Å². The quantitative estimate of drug-likeness (QED) is 0.941. The predicted octanol–water partition coefficient (Wildman–Crippen LogP) is 2.91. The lowest BCUT2D eigenvalue weighted by Gasteiger charge is -2.36. The van der Waals surface area contributed by atoms with Crippen LogP contribution in [0, 0.1) is 5.92 Å². The lowest BCUT2D eigenvalue weighted by Crippen LogP contribution is -2.35. The van der Waals surface area contributed by atoms with Crippen molar-refractivity contribution in [1.29, 1.82) is 0 Å².